The van der Waals surface area contributed by atoms with Crippen molar-refractivity contribution in [1.82, 2.24) is 5.32 Å². The number of carbonyl (C=O) groups is 1. The van der Waals surface area contributed by atoms with Crippen LogP contribution in [0.2, 0.25) is 0 Å². The number of nitro benzene ring substituents is 1. The summed E-state index contributed by atoms with van der Waals surface area (Å²) in [5, 5.41) is 13.4. The van der Waals surface area contributed by atoms with E-state index in [4.69, 9.17) is 0 Å². The third-order valence-electron chi connectivity index (χ3n) is 3.02. The van der Waals surface area contributed by atoms with Crippen LogP contribution in [0.3, 0.4) is 0 Å². The van der Waals surface area contributed by atoms with Gasteiger partial charge in [-0.1, -0.05) is 17.7 Å². The molecule has 0 aromatic heterocycles. The monoisotopic (exact) mass is 316 g/mol. The summed E-state index contributed by atoms with van der Waals surface area (Å²) in [6, 6.07) is 13.8. The molecule has 22 heavy (non-hydrogen) atoms. The first-order valence-electron chi connectivity index (χ1n) is 6.78. The van der Waals surface area contributed by atoms with Gasteiger partial charge < -0.3 is 5.32 Å². The van der Waals surface area contributed by atoms with Gasteiger partial charge in [-0.25, -0.2) is 0 Å². The molecule has 0 radical (unpaired) electrons. The summed E-state index contributed by atoms with van der Waals surface area (Å²) in [6.45, 7) is 2.58. The third kappa shape index (κ3) is 4.60. The number of thioether (sulfide) groups is 1. The Morgan fingerprint density at radius 1 is 1.14 bits per heavy atom. The van der Waals surface area contributed by atoms with Crippen LogP contribution in [0, 0.1) is 17.0 Å². The number of non-ortho nitro benzene ring substituents is 1. The van der Waals surface area contributed by atoms with Gasteiger partial charge in [0.15, 0.2) is 0 Å². The fraction of sp³-hybridized carbons (Fsp3) is 0.188. The largest absolute Gasteiger partial charge is 0.351 e. The summed E-state index contributed by atoms with van der Waals surface area (Å²) in [7, 11) is 0. The predicted octanol–water partition coefficient (Wildman–Crippen LogP) is 3.43. The van der Waals surface area contributed by atoms with Gasteiger partial charge in [0, 0.05) is 34.9 Å². The minimum atomic E-state index is -0.486. The predicted molar refractivity (Wildman–Crippen MR) is 87.3 cm³/mol. The topological polar surface area (TPSA) is 72.2 Å². The van der Waals surface area contributed by atoms with Crippen molar-refractivity contribution in [2.24, 2.45) is 0 Å². The maximum Gasteiger partial charge on any atom is 0.269 e. The summed E-state index contributed by atoms with van der Waals surface area (Å²) in [6.07, 6.45) is 0. The molecule has 5 nitrogen and oxygen atoms in total. The maximum absolute atomic E-state index is 11.9. The second kappa shape index (κ2) is 7.61. The van der Waals surface area contributed by atoms with E-state index < -0.39 is 4.92 Å². The van der Waals surface area contributed by atoms with Crippen LogP contribution in [-0.4, -0.2) is 23.1 Å². The van der Waals surface area contributed by atoms with Crippen LogP contribution in [0.1, 0.15) is 15.9 Å². The van der Waals surface area contributed by atoms with E-state index in [2.05, 4.69) is 29.6 Å². The first-order valence-corrected chi connectivity index (χ1v) is 7.77. The Balaban J connectivity index is 1.77. The van der Waals surface area contributed by atoms with E-state index in [0.29, 0.717) is 12.1 Å². The van der Waals surface area contributed by atoms with Gasteiger partial charge in [0.2, 0.25) is 0 Å². The number of rotatable bonds is 6. The molecule has 2 aromatic rings. The highest BCUT2D eigenvalue weighted by Gasteiger charge is 2.08. The molecule has 1 amide bonds. The van der Waals surface area contributed by atoms with Gasteiger partial charge in [0.1, 0.15) is 0 Å². The Bertz CT molecular complexity index is 654. The summed E-state index contributed by atoms with van der Waals surface area (Å²) in [4.78, 5) is 23.1. The third-order valence-corrected chi connectivity index (χ3v) is 4.03. The Labute approximate surface area is 132 Å². The molecule has 0 saturated carbocycles. The Kier molecular flexibility index (Phi) is 5.55. The maximum atomic E-state index is 11.9. The molecule has 0 saturated heterocycles. The second-order valence-electron chi connectivity index (χ2n) is 4.72. The number of nitrogens with zero attached hydrogens (tertiary/aromatic N) is 1. The molecular formula is C16H16N2O3S. The molecule has 0 bridgehead atoms. The Hall–Kier alpha value is -2.34. The second-order valence-corrected chi connectivity index (χ2v) is 5.89. The number of benzene rings is 2. The van der Waals surface area contributed by atoms with Gasteiger partial charge in [-0.15, -0.1) is 11.8 Å². The zero-order chi connectivity index (χ0) is 15.9. The first kappa shape index (κ1) is 16.0. The number of amides is 1. The van der Waals surface area contributed by atoms with E-state index in [9.17, 15) is 14.9 Å². The van der Waals surface area contributed by atoms with E-state index in [1.165, 1.54) is 29.8 Å². The van der Waals surface area contributed by atoms with Gasteiger partial charge >= 0.3 is 0 Å². The normalized spacial score (nSPS) is 10.2. The highest BCUT2D eigenvalue weighted by atomic mass is 32.2. The number of nitrogens with one attached hydrogen (secondary N) is 1. The van der Waals surface area contributed by atoms with Crippen molar-refractivity contribution in [3.8, 4) is 0 Å². The van der Waals surface area contributed by atoms with Crippen molar-refractivity contribution < 1.29 is 9.72 Å². The average Bonchev–Trinajstić information content (AvgIpc) is 2.53. The molecule has 2 rings (SSSR count). The zero-order valence-electron chi connectivity index (χ0n) is 12.1. The van der Waals surface area contributed by atoms with E-state index in [1.807, 2.05) is 6.92 Å². The summed E-state index contributed by atoms with van der Waals surface area (Å²) >= 11 is 1.67. The number of hydrogen-bond donors (Lipinski definition) is 1. The van der Waals surface area contributed by atoms with Gasteiger partial charge in [0.05, 0.1) is 4.92 Å². The molecule has 2 aromatic carbocycles. The Morgan fingerprint density at radius 3 is 2.36 bits per heavy atom. The van der Waals surface area contributed by atoms with Gasteiger partial charge in [-0.05, 0) is 31.2 Å². The lowest BCUT2D eigenvalue weighted by Gasteiger charge is -2.05. The Morgan fingerprint density at radius 2 is 1.77 bits per heavy atom. The lowest BCUT2D eigenvalue weighted by atomic mass is 10.2. The van der Waals surface area contributed by atoms with Crippen LogP contribution in [0.5, 0.6) is 0 Å². The number of nitro groups is 1. The molecule has 0 aliphatic rings. The zero-order valence-corrected chi connectivity index (χ0v) is 12.9. The van der Waals surface area contributed by atoms with Crippen molar-refractivity contribution in [3.05, 3.63) is 69.8 Å². The van der Waals surface area contributed by atoms with Crippen LogP contribution in [-0.2, 0) is 0 Å². The molecule has 0 aliphatic carbocycles. The van der Waals surface area contributed by atoms with Crippen LogP contribution in [0.15, 0.2) is 53.4 Å². The summed E-state index contributed by atoms with van der Waals surface area (Å²) in [5.74, 6) is 0.543. The molecule has 0 heterocycles. The van der Waals surface area contributed by atoms with Crippen molar-refractivity contribution in [1.29, 1.82) is 0 Å². The molecule has 0 aliphatic heterocycles. The SMILES string of the molecule is Cc1ccc(SCCNC(=O)c2ccc([N+](=O)[O-])cc2)cc1. The van der Waals surface area contributed by atoms with Crippen molar-refractivity contribution in [3.63, 3.8) is 0 Å². The van der Waals surface area contributed by atoms with E-state index >= 15 is 0 Å². The highest BCUT2D eigenvalue weighted by molar-refractivity contribution is 7.99. The molecule has 0 spiro atoms. The van der Waals surface area contributed by atoms with E-state index in [-0.39, 0.29) is 11.6 Å². The van der Waals surface area contributed by atoms with E-state index in [0.717, 1.165) is 10.6 Å². The molecule has 1 N–H and O–H groups in total. The van der Waals surface area contributed by atoms with Crippen LogP contribution in [0.25, 0.3) is 0 Å². The van der Waals surface area contributed by atoms with Crippen LogP contribution >= 0.6 is 11.8 Å². The first-order chi connectivity index (χ1) is 10.6. The van der Waals surface area contributed by atoms with Crippen LogP contribution in [0.4, 0.5) is 5.69 Å². The lowest BCUT2D eigenvalue weighted by Crippen LogP contribution is -2.25. The molecule has 0 fully saturated rings. The van der Waals surface area contributed by atoms with Gasteiger partial charge in [0.25, 0.3) is 11.6 Å². The fourth-order valence-corrected chi connectivity index (χ4v) is 2.57. The molecular weight excluding hydrogens is 300 g/mol. The number of hydrogen-bond acceptors (Lipinski definition) is 4. The molecule has 0 unspecified atom stereocenters. The number of carbonyl (C=O) groups excluding carboxylic acids is 1. The van der Waals surface area contributed by atoms with E-state index in [1.54, 1.807) is 11.8 Å². The molecule has 114 valence electrons. The fourth-order valence-electron chi connectivity index (χ4n) is 1.80. The van der Waals surface area contributed by atoms with Gasteiger partial charge in [-0.2, -0.15) is 0 Å². The highest BCUT2D eigenvalue weighted by Crippen LogP contribution is 2.17. The minimum Gasteiger partial charge on any atom is -0.351 e. The van der Waals surface area contributed by atoms with Crippen molar-refractivity contribution in [2.75, 3.05) is 12.3 Å². The lowest BCUT2D eigenvalue weighted by molar-refractivity contribution is -0.384. The number of aryl methyl sites for hydroxylation is 1. The molecule has 0 atom stereocenters. The average molecular weight is 316 g/mol. The molecule has 6 heteroatoms. The van der Waals surface area contributed by atoms with Crippen molar-refractivity contribution in [2.45, 2.75) is 11.8 Å². The summed E-state index contributed by atoms with van der Waals surface area (Å²) < 4.78 is 0. The van der Waals surface area contributed by atoms with Gasteiger partial charge in [-0.3, -0.25) is 14.9 Å². The minimum absolute atomic E-state index is 0.0218. The van der Waals surface area contributed by atoms with Crippen LogP contribution < -0.4 is 5.32 Å². The van der Waals surface area contributed by atoms with Crippen molar-refractivity contribution >= 4 is 23.4 Å². The standard InChI is InChI=1S/C16H16N2O3S/c1-12-2-8-15(9-3-12)22-11-10-17-16(19)13-4-6-14(7-5-13)18(20)21/h2-9H,10-11H2,1H3,(H,17,19). The smallest absolute Gasteiger partial charge is 0.269 e. The quantitative estimate of drug-likeness (QED) is 0.383. The summed E-state index contributed by atoms with van der Waals surface area (Å²) in [5.41, 5.74) is 1.62.